The second-order valence-corrected chi connectivity index (χ2v) is 4.83. The number of hydrogen-bond donors (Lipinski definition) is 1. The van der Waals surface area contributed by atoms with Crippen LogP contribution < -0.4 is 0 Å². The van der Waals surface area contributed by atoms with Gasteiger partial charge in [0.2, 0.25) is 0 Å². The van der Waals surface area contributed by atoms with E-state index in [4.69, 9.17) is 4.74 Å². The molecule has 1 unspecified atom stereocenters. The van der Waals surface area contributed by atoms with Crippen molar-refractivity contribution in [2.45, 2.75) is 18.3 Å². The minimum absolute atomic E-state index is 0.199. The molecule has 0 spiro atoms. The lowest BCUT2D eigenvalue weighted by molar-refractivity contribution is 0.0451. The Balaban J connectivity index is 1.99. The van der Waals surface area contributed by atoms with Crippen LogP contribution in [0.2, 0.25) is 0 Å². The average molecular weight is 205 g/mol. The van der Waals surface area contributed by atoms with E-state index in [2.05, 4.69) is 11.8 Å². The van der Waals surface area contributed by atoms with Crippen molar-refractivity contribution in [2.75, 3.05) is 39.1 Å². The molecule has 13 heavy (non-hydrogen) atoms. The minimum Gasteiger partial charge on any atom is -0.391 e. The van der Waals surface area contributed by atoms with E-state index in [0.717, 1.165) is 32.1 Å². The first-order valence-electron chi connectivity index (χ1n) is 4.78. The van der Waals surface area contributed by atoms with Gasteiger partial charge in [-0.3, -0.25) is 0 Å². The first-order chi connectivity index (χ1) is 6.22. The predicted molar refractivity (Wildman–Crippen MR) is 56.2 cm³/mol. The van der Waals surface area contributed by atoms with Gasteiger partial charge in [-0.1, -0.05) is 6.92 Å². The zero-order chi connectivity index (χ0) is 9.68. The van der Waals surface area contributed by atoms with Crippen LogP contribution in [0.3, 0.4) is 0 Å². The van der Waals surface area contributed by atoms with E-state index in [1.54, 1.807) is 0 Å². The maximum absolute atomic E-state index is 9.62. The van der Waals surface area contributed by atoms with Crippen molar-refractivity contribution in [1.82, 2.24) is 4.90 Å². The molecular weight excluding hydrogens is 186 g/mol. The van der Waals surface area contributed by atoms with Gasteiger partial charge in [0.1, 0.15) is 0 Å². The van der Waals surface area contributed by atoms with E-state index < -0.39 is 0 Å². The molecule has 1 aliphatic heterocycles. The molecule has 0 aromatic carbocycles. The van der Waals surface area contributed by atoms with Crippen molar-refractivity contribution >= 4 is 11.8 Å². The highest BCUT2D eigenvalue weighted by atomic mass is 32.2. The Morgan fingerprint density at radius 2 is 2.31 bits per heavy atom. The lowest BCUT2D eigenvalue weighted by Crippen LogP contribution is -2.34. The Bertz CT molecular complexity index is 142. The fraction of sp³-hybridized carbons (Fsp3) is 1.00. The topological polar surface area (TPSA) is 32.7 Å². The van der Waals surface area contributed by atoms with Gasteiger partial charge in [0, 0.05) is 12.3 Å². The summed E-state index contributed by atoms with van der Waals surface area (Å²) in [6.45, 7) is 5.59. The molecule has 0 saturated carbocycles. The number of ether oxygens (including phenoxy) is 1. The summed E-state index contributed by atoms with van der Waals surface area (Å²) < 4.78 is 5.06. The first-order valence-corrected chi connectivity index (χ1v) is 5.83. The van der Waals surface area contributed by atoms with Gasteiger partial charge in [-0.2, -0.15) is 11.8 Å². The van der Waals surface area contributed by atoms with Crippen LogP contribution in [-0.2, 0) is 4.74 Å². The molecule has 1 N–H and O–H groups in total. The van der Waals surface area contributed by atoms with Crippen molar-refractivity contribution in [3.63, 3.8) is 0 Å². The molecule has 4 heteroatoms. The largest absolute Gasteiger partial charge is 0.391 e. The summed E-state index contributed by atoms with van der Waals surface area (Å²) in [5, 5.41) is 10.2. The molecule has 1 atom stereocenters. The van der Waals surface area contributed by atoms with Gasteiger partial charge in [-0.25, -0.2) is 0 Å². The fourth-order valence-corrected chi connectivity index (χ4v) is 2.08. The number of hydrogen-bond acceptors (Lipinski definition) is 4. The number of aliphatic hydroxyl groups is 1. The zero-order valence-electron chi connectivity index (χ0n) is 8.40. The van der Waals surface area contributed by atoms with Crippen LogP contribution in [0.4, 0.5) is 0 Å². The Kier molecular flexibility index (Phi) is 5.09. The molecule has 0 aromatic heterocycles. The van der Waals surface area contributed by atoms with E-state index in [9.17, 15) is 5.11 Å². The molecule has 1 rings (SSSR count). The predicted octanol–water partition coefficient (Wildman–Crippen LogP) is 0.431. The normalized spacial score (nSPS) is 20.3. The number of likely N-dealkylation sites (N-methyl/N-ethyl adjacent to an activating group) is 1. The molecule has 3 nitrogen and oxygen atoms in total. The number of aliphatic hydroxyl groups excluding tert-OH is 1. The molecule has 1 heterocycles. The van der Waals surface area contributed by atoms with Crippen molar-refractivity contribution in [3.05, 3.63) is 0 Å². The van der Waals surface area contributed by atoms with Gasteiger partial charge in [0.05, 0.1) is 24.6 Å². The third-order valence-corrected chi connectivity index (χ3v) is 3.51. The third-order valence-electron chi connectivity index (χ3n) is 2.19. The average Bonchev–Trinajstić information content (AvgIpc) is 2.01. The van der Waals surface area contributed by atoms with Crippen LogP contribution in [0, 0.1) is 0 Å². The molecule has 0 aliphatic carbocycles. The number of rotatable bonds is 6. The van der Waals surface area contributed by atoms with Gasteiger partial charge in [-0.05, 0) is 13.6 Å². The smallest absolute Gasteiger partial charge is 0.0757 e. The summed E-state index contributed by atoms with van der Waals surface area (Å²) in [6, 6.07) is 0. The Morgan fingerprint density at radius 1 is 1.62 bits per heavy atom. The van der Waals surface area contributed by atoms with Crippen LogP contribution in [0.1, 0.15) is 6.92 Å². The van der Waals surface area contributed by atoms with E-state index in [1.165, 1.54) is 0 Å². The van der Waals surface area contributed by atoms with E-state index in [0.29, 0.717) is 5.25 Å². The van der Waals surface area contributed by atoms with Crippen LogP contribution in [0.15, 0.2) is 0 Å². The lowest BCUT2D eigenvalue weighted by atomic mass is 10.4. The summed E-state index contributed by atoms with van der Waals surface area (Å²) in [5.74, 6) is 0.832. The minimum atomic E-state index is -0.199. The van der Waals surface area contributed by atoms with Gasteiger partial charge < -0.3 is 14.7 Å². The van der Waals surface area contributed by atoms with Crippen molar-refractivity contribution in [1.29, 1.82) is 0 Å². The Hall–Kier alpha value is 0.230. The summed E-state index contributed by atoms with van der Waals surface area (Å²) in [7, 11) is 2.03. The molecule has 0 bridgehead atoms. The Morgan fingerprint density at radius 3 is 2.77 bits per heavy atom. The maximum Gasteiger partial charge on any atom is 0.0757 e. The highest BCUT2D eigenvalue weighted by Crippen LogP contribution is 2.19. The second-order valence-electron chi connectivity index (χ2n) is 3.50. The zero-order valence-corrected chi connectivity index (χ0v) is 9.22. The standard InChI is InChI=1S/C9H19NO2S/c1-3-10(2)4-8(11)7-13-9-5-12-6-9/h8-9,11H,3-7H2,1-2H3. The van der Waals surface area contributed by atoms with Crippen LogP contribution >= 0.6 is 11.8 Å². The number of nitrogens with zero attached hydrogens (tertiary/aromatic N) is 1. The SMILES string of the molecule is CCN(C)CC(O)CSC1COC1. The van der Waals surface area contributed by atoms with Crippen LogP contribution in [0.25, 0.3) is 0 Å². The van der Waals surface area contributed by atoms with Gasteiger partial charge in [-0.15, -0.1) is 0 Å². The summed E-state index contributed by atoms with van der Waals surface area (Å²) in [6.07, 6.45) is -0.199. The molecule has 1 saturated heterocycles. The molecule has 0 radical (unpaired) electrons. The summed E-state index contributed by atoms with van der Waals surface area (Å²) >= 11 is 1.82. The summed E-state index contributed by atoms with van der Waals surface area (Å²) in [5.41, 5.74) is 0. The van der Waals surface area contributed by atoms with Crippen LogP contribution in [-0.4, -0.2) is 60.5 Å². The maximum atomic E-state index is 9.62. The molecule has 78 valence electrons. The molecule has 1 fully saturated rings. The van der Waals surface area contributed by atoms with Crippen molar-refractivity contribution in [2.24, 2.45) is 0 Å². The quantitative estimate of drug-likeness (QED) is 0.682. The molecule has 0 aromatic rings. The van der Waals surface area contributed by atoms with E-state index in [-0.39, 0.29) is 6.10 Å². The summed E-state index contributed by atoms with van der Waals surface area (Å²) in [4.78, 5) is 2.13. The van der Waals surface area contributed by atoms with Crippen LogP contribution in [0.5, 0.6) is 0 Å². The van der Waals surface area contributed by atoms with Gasteiger partial charge >= 0.3 is 0 Å². The van der Waals surface area contributed by atoms with Gasteiger partial charge in [0.15, 0.2) is 0 Å². The fourth-order valence-electron chi connectivity index (χ4n) is 1.10. The Labute approximate surface area is 84.4 Å². The monoisotopic (exact) mass is 205 g/mol. The molecular formula is C9H19NO2S. The van der Waals surface area contributed by atoms with Gasteiger partial charge in [0.25, 0.3) is 0 Å². The van der Waals surface area contributed by atoms with Crippen molar-refractivity contribution in [3.8, 4) is 0 Å². The number of thioether (sulfide) groups is 1. The third kappa shape index (κ3) is 4.31. The first kappa shape index (κ1) is 11.3. The molecule has 1 aliphatic rings. The van der Waals surface area contributed by atoms with E-state index in [1.807, 2.05) is 18.8 Å². The lowest BCUT2D eigenvalue weighted by Gasteiger charge is -2.27. The second kappa shape index (κ2) is 5.86. The molecule has 0 amide bonds. The van der Waals surface area contributed by atoms with Crippen molar-refractivity contribution < 1.29 is 9.84 Å². The van der Waals surface area contributed by atoms with E-state index >= 15 is 0 Å². The highest BCUT2D eigenvalue weighted by Gasteiger charge is 2.20. The highest BCUT2D eigenvalue weighted by molar-refractivity contribution is 8.00.